The first-order valence-electron chi connectivity index (χ1n) is 5.79. The number of halogens is 2. The lowest BCUT2D eigenvalue weighted by molar-refractivity contribution is -0.0498. The van der Waals surface area contributed by atoms with Crippen LogP contribution in [0.15, 0.2) is 48.5 Å². The van der Waals surface area contributed by atoms with Crippen molar-refractivity contribution in [1.82, 2.24) is 0 Å². The number of hydrogen-bond donors (Lipinski definition) is 0. The maximum atomic E-state index is 12.0. The predicted octanol–water partition coefficient (Wildman–Crippen LogP) is 3.50. The summed E-state index contributed by atoms with van der Waals surface area (Å²) in [6, 6.07) is 12.9. The lowest BCUT2D eigenvalue weighted by Gasteiger charge is -2.03. The van der Waals surface area contributed by atoms with Crippen molar-refractivity contribution in [3.8, 4) is 17.6 Å². The van der Waals surface area contributed by atoms with E-state index in [0.29, 0.717) is 16.7 Å². The van der Waals surface area contributed by atoms with Crippen molar-refractivity contribution in [2.75, 3.05) is 0 Å². The normalized spacial score (nSPS) is 9.75. The van der Waals surface area contributed by atoms with E-state index in [1.165, 1.54) is 12.1 Å². The second-order valence-corrected chi connectivity index (χ2v) is 3.90. The van der Waals surface area contributed by atoms with Crippen molar-refractivity contribution in [2.24, 2.45) is 0 Å². The highest BCUT2D eigenvalue weighted by Crippen LogP contribution is 2.14. The summed E-state index contributed by atoms with van der Waals surface area (Å²) >= 11 is 0. The van der Waals surface area contributed by atoms with Gasteiger partial charge in [0.05, 0.1) is 0 Å². The Morgan fingerprint density at radius 1 is 1.00 bits per heavy atom. The molecule has 0 saturated carbocycles. The first-order valence-corrected chi connectivity index (χ1v) is 5.79. The van der Waals surface area contributed by atoms with Crippen molar-refractivity contribution in [1.29, 1.82) is 0 Å². The van der Waals surface area contributed by atoms with Gasteiger partial charge in [0.25, 0.3) is 0 Å². The standard InChI is InChI=1S/C16H10F2O2/c17-16(18)20-15-8-6-12(7-9-15)4-5-13-2-1-3-14(10-13)11-19/h1-3,6-11,16H. The first kappa shape index (κ1) is 13.8. The molecule has 0 spiro atoms. The van der Waals surface area contributed by atoms with E-state index in [1.54, 1.807) is 36.4 Å². The molecular weight excluding hydrogens is 262 g/mol. The Labute approximate surface area is 115 Å². The Morgan fingerprint density at radius 2 is 1.70 bits per heavy atom. The minimum absolute atomic E-state index is 0.0912. The van der Waals surface area contributed by atoms with Crippen LogP contribution >= 0.6 is 0 Å². The summed E-state index contributed by atoms with van der Waals surface area (Å²) in [5.41, 5.74) is 1.93. The molecule has 0 aliphatic heterocycles. The van der Waals surface area contributed by atoms with Crippen molar-refractivity contribution in [3.05, 3.63) is 65.2 Å². The molecule has 0 aliphatic carbocycles. The molecule has 0 bridgehead atoms. The summed E-state index contributed by atoms with van der Waals surface area (Å²) in [6.45, 7) is -2.84. The summed E-state index contributed by atoms with van der Waals surface area (Å²) in [5, 5.41) is 0. The number of alkyl halides is 2. The maximum Gasteiger partial charge on any atom is 0.387 e. The zero-order valence-corrected chi connectivity index (χ0v) is 10.3. The molecule has 2 rings (SSSR count). The van der Waals surface area contributed by atoms with E-state index in [1.807, 2.05) is 0 Å². The highest BCUT2D eigenvalue weighted by atomic mass is 19.3. The topological polar surface area (TPSA) is 26.3 Å². The van der Waals surface area contributed by atoms with Crippen molar-refractivity contribution < 1.29 is 18.3 Å². The van der Waals surface area contributed by atoms with Crippen LogP contribution in [0.1, 0.15) is 21.5 Å². The van der Waals surface area contributed by atoms with Gasteiger partial charge < -0.3 is 4.74 Å². The predicted molar refractivity (Wildman–Crippen MR) is 70.9 cm³/mol. The van der Waals surface area contributed by atoms with Crippen LogP contribution in [0.2, 0.25) is 0 Å². The van der Waals surface area contributed by atoms with Crippen LogP contribution in [0.3, 0.4) is 0 Å². The molecule has 100 valence electrons. The molecule has 0 saturated heterocycles. The molecule has 2 aromatic carbocycles. The highest BCUT2D eigenvalue weighted by molar-refractivity contribution is 5.75. The number of rotatable bonds is 3. The SMILES string of the molecule is O=Cc1cccc(C#Cc2ccc(OC(F)F)cc2)c1. The Morgan fingerprint density at radius 3 is 2.35 bits per heavy atom. The van der Waals surface area contributed by atoms with Gasteiger partial charge in [-0.3, -0.25) is 4.79 Å². The second-order valence-electron chi connectivity index (χ2n) is 3.90. The maximum absolute atomic E-state index is 12.0. The van der Waals surface area contributed by atoms with E-state index in [9.17, 15) is 13.6 Å². The van der Waals surface area contributed by atoms with Gasteiger partial charge in [-0.05, 0) is 36.4 Å². The third kappa shape index (κ3) is 3.92. The van der Waals surface area contributed by atoms with E-state index in [-0.39, 0.29) is 5.75 Å². The highest BCUT2D eigenvalue weighted by Gasteiger charge is 2.02. The molecule has 2 aromatic rings. The molecule has 0 fully saturated rings. The van der Waals surface area contributed by atoms with Crippen LogP contribution in [-0.2, 0) is 0 Å². The van der Waals surface area contributed by atoms with Crippen molar-refractivity contribution in [3.63, 3.8) is 0 Å². The van der Waals surface area contributed by atoms with E-state index >= 15 is 0 Å². The zero-order valence-electron chi connectivity index (χ0n) is 10.3. The van der Waals surface area contributed by atoms with Crippen LogP contribution in [0.4, 0.5) is 8.78 Å². The summed E-state index contributed by atoms with van der Waals surface area (Å²) in [7, 11) is 0. The smallest absolute Gasteiger partial charge is 0.387 e. The Kier molecular flexibility index (Phi) is 4.46. The number of ether oxygens (including phenoxy) is 1. The van der Waals surface area contributed by atoms with E-state index in [0.717, 1.165) is 6.29 Å². The molecule has 4 heteroatoms. The van der Waals surface area contributed by atoms with Gasteiger partial charge in [-0.15, -0.1) is 0 Å². The van der Waals surface area contributed by atoms with E-state index in [4.69, 9.17) is 0 Å². The average molecular weight is 272 g/mol. The number of hydrogen-bond acceptors (Lipinski definition) is 2. The van der Waals surface area contributed by atoms with E-state index in [2.05, 4.69) is 16.6 Å². The number of carbonyl (C=O) groups is 1. The molecule has 0 aliphatic rings. The van der Waals surface area contributed by atoms with Gasteiger partial charge in [-0.2, -0.15) is 8.78 Å². The van der Waals surface area contributed by atoms with Gasteiger partial charge in [0.1, 0.15) is 12.0 Å². The quantitative estimate of drug-likeness (QED) is 0.631. The van der Waals surface area contributed by atoms with Crippen LogP contribution in [0.5, 0.6) is 5.75 Å². The molecule has 0 radical (unpaired) electrons. The average Bonchev–Trinajstić information content (AvgIpc) is 2.46. The van der Waals surface area contributed by atoms with Crippen LogP contribution < -0.4 is 4.74 Å². The minimum atomic E-state index is -2.84. The lowest BCUT2D eigenvalue weighted by atomic mass is 10.1. The summed E-state index contributed by atoms with van der Waals surface area (Å²) < 4.78 is 28.2. The monoisotopic (exact) mass is 272 g/mol. The van der Waals surface area contributed by atoms with Gasteiger partial charge >= 0.3 is 6.61 Å². The number of carbonyl (C=O) groups excluding carboxylic acids is 1. The zero-order chi connectivity index (χ0) is 14.4. The number of benzene rings is 2. The fourth-order valence-corrected chi connectivity index (χ4v) is 1.55. The second kappa shape index (κ2) is 6.48. The molecular formula is C16H10F2O2. The van der Waals surface area contributed by atoms with Crippen LogP contribution in [0.25, 0.3) is 0 Å². The third-order valence-corrected chi connectivity index (χ3v) is 2.45. The van der Waals surface area contributed by atoms with Gasteiger partial charge in [-0.25, -0.2) is 0 Å². The minimum Gasteiger partial charge on any atom is -0.435 e. The molecule has 0 aromatic heterocycles. The summed E-state index contributed by atoms with van der Waals surface area (Å²) in [4.78, 5) is 10.6. The Balaban J connectivity index is 2.14. The van der Waals surface area contributed by atoms with E-state index < -0.39 is 6.61 Å². The molecule has 2 nitrogen and oxygen atoms in total. The van der Waals surface area contributed by atoms with Crippen LogP contribution in [0, 0.1) is 11.8 Å². The third-order valence-electron chi connectivity index (χ3n) is 2.45. The first-order chi connectivity index (χ1) is 9.67. The van der Waals surface area contributed by atoms with Crippen molar-refractivity contribution >= 4 is 6.29 Å². The van der Waals surface area contributed by atoms with Gasteiger partial charge in [0.2, 0.25) is 0 Å². The fourth-order valence-electron chi connectivity index (χ4n) is 1.55. The van der Waals surface area contributed by atoms with Gasteiger partial charge in [0.15, 0.2) is 0 Å². The largest absolute Gasteiger partial charge is 0.435 e. The Bertz CT molecular complexity index is 652. The molecule has 0 unspecified atom stereocenters. The summed E-state index contributed by atoms with van der Waals surface area (Å²) in [5.74, 6) is 5.87. The fraction of sp³-hybridized carbons (Fsp3) is 0.0625. The van der Waals surface area contributed by atoms with Crippen molar-refractivity contribution in [2.45, 2.75) is 6.61 Å². The molecule has 0 heterocycles. The Hall–Kier alpha value is -2.67. The lowest BCUT2D eigenvalue weighted by Crippen LogP contribution is -2.01. The van der Waals surface area contributed by atoms with Crippen LogP contribution in [-0.4, -0.2) is 12.9 Å². The van der Waals surface area contributed by atoms with Gasteiger partial charge in [-0.1, -0.05) is 24.0 Å². The summed E-state index contributed by atoms with van der Waals surface area (Å²) in [6.07, 6.45) is 0.752. The number of aldehydes is 1. The molecule has 0 amide bonds. The molecule has 0 N–H and O–H groups in total. The molecule has 0 atom stereocenters. The molecule has 20 heavy (non-hydrogen) atoms. The van der Waals surface area contributed by atoms with Gasteiger partial charge in [0, 0.05) is 16.7 Å².